The Balaban J connectivity index is 0.968. The summed E-state index contributed by atoms with van der Waals surface area (Å²) in [5.41, 5.74) is 13.3. The first-order valence-electron chi connectivity index (χ1n) is 20.2. The Morgan fingerprint density at radius 1 is 0.322 bits per heavy atom. The van der Waals surface area contributed by atoms with Crippen LogP contribution in [-0.4, -0.2) is 4.57 Å². The predicted molar refractivity (Wildman–Crippen MR) is 249 cm³/mol. The number of hydrogen-bond donors (Lipinski definition) is 0. The Kier molecular flexibility index (Phi) is 7.54. The van der Waals surface area contributed by atoms with Gasteiger partial charge in [-0.15, -0.1) is 0 Å². The van der Waals surface area contributed by atoms with Gasteiger partial charge in [0.2, 0.25) is 0 Å². The Hall–Kier alpha value is -7.88. The lowest BCUT2D eigenvalue weighted by molar-refractivity contribution is 0.669. The molecule has 3 heteroatoms. The normalized spacial score (nSPS) is 11.7. The van der Waals surface area contributed by atoms with Crippen molar-refractivity contribution in [2.45, 2.75) is 0 Å². The van der Waals surface area contributed by atoms with Gasteiger partial charge in [-0.05, 0) is 123 Å². The summed E-state index contributed by atoms with van der Waals surface area (Å²) >= 11 is 0. The molecule has 59 heavy (non-hydrogen) atoms. The molecule has 0 saturated carbocycles. The van der Waals surface area contributed by atoms with Gasteiger partial charge in [0.05, 0.1) is 11.0 Å². The van der Waals surface area contributed by atoms with E-state index in [4.69, 9.17) is 4.42 Å². The summed E-state index contributed by atoms with van der Waals surface area (Å²) in [6, 6.07) is 78.7. The molecule has 0 N–H and O–H groups in total. The second-order valence-corrected chi connectivity index (χ2v) is 15.3. The minimum Gasteiger partial charge on any atom is -0.456 e. The minimum atomic E-state index is 0.868. The first-order chi connectivity index (χ1) is 29.2. The van der Waals surface area contributed by atoms with Crippen LogP contribution in [0.1, 0.15) is 0 Å². The van der Waals surface area contributed by atoms with Crippen LogP contribution in [0.4, 0.5) is 17.1 Å². The first-order valence-corrected chi connectivity index (χ1v) is 20.2. The number of furan rings is 1. The lowest BCUT2D eigenvalue weighted by atomic mass is 9.93. The third-order valence-electron chi connectivity index (χ3n) is 12.0. The Morgan fingerprint density at radius 3 is 1.69 bits per heavy atom. The van der Waals surface area contributed by atoms with Crippen molar-refractivity contribution in [1.82, 2.24) is 4.57 Å². The van der Waals surface area contributed by atoms with Crippen LogP contribution in [0.5, 0.6) is 0 Å². The molecule has 0 bridgehead atoms. The van der Waals surface area contributed by atoms with Crippen LogP contribution in [0.25, 0.3) is 93.2 Å². The summed E-state index contributed by atoms with van der Waals surface area (Å²) in [6.45, 7) is 0. The van der Waals surface area contributed by atoms with E-state index < -0.39 is 0 Å². The van der Waals surface area contributed by atoms with E-state index in [1.807, 2.05) is 12.1 Å². The standard InChI is InChI=1S/C56H36N2O/c1-2-13-41(14-3-1)58-53-20-10-8-18-48(53)52-34-39(26-33-54(52)58)37-22-27-42(28-23-37)57(44-31-32-50-49-19-9-11-21-55(49)59-56(50)36-44)43-29-24-38(25-30-43)51-35-40-12-4-5-15-45(40)46-16-6-7-17-47(46)51/h1-36H. The molecule has 0 radical (unpaired) electrons. The van der Waals surface area contributed by atoms with E-state index >= 15 is 0 Å². The van der Waals surface area contributed by atoms with Crippen molar-refractivity contribution >= 4 is 82.4 Å². The molecule has 0 saturated heterocycles. The Labute approximate surface area is 341 Å². The summed E-state index contributed by atoms with van der Waals surface area (Å²) in [5, 5.41) is 9.77. The molecular weight excluding hydrogens is 717 g/mol. The highest BCUT2D eigenvalue weighted by Crippen LogP contribution is 2.42. The van der Waals surface area contributed by atoms with E-state index in [0.717, 1.165) is 44.7 Å². The van der Waals surface area contributed by atoms with E-state index in [-0.39, 0.29) is 0 Å². The van der Waals surface area contributed by atoms with E-state index in [9.17, 15) is 0 Å². The zero-order valence-corrected chi connectivity index (χ0v) is 32.1. The molecular formula is C56H36N2O. The molecule has 0 aliphatic heterocycles. The van der Waals surface area contributed by atoms with Crippen LogP contribution in [0.2, 0.25) is 0 Å². The van der Waals surface area contributed by atoms with Crippen molar-refractivity contribution in [2.24, 2.45) is 0 Å². The second kappa shape index (κ2) is 13.4. The second-order valence-electron chi connectivity index (χ2n) is 15.3. The first kappa shape index (κ1) is 33.3. The Morgan fingerprint density at radius 2 is 0.898 bits per heavy atom. The van der Waals surface area contributed by atoms with Crippen LogP contribution in [0, 0.1) is 0 Å². The molecule has 12 aromatic rings. The van der Waals surface area contributed by atoms with Gasteiger partial charge in [-0.3, -0.25) is 0 Å². The van der Waals surface area contributed by atoms with Crippen molar-refractivity contribution in [3.63, 3.8) is 0 Å². The molecule has 0 amide bonds. The highest BCUT2D eigenvalue weighted by molar-refractivity contribution is 6.14. The topological polar surface area (TPSA) is 21.3 Å². The maximum atomic E-state index is 6.41. The summed E-state index contributed by atoms with van der Waals surface area (Å²) in [4.78, 5) is 2.33. The molecule has 3 nitrogen and oxygen atoms in total. The van der Waals surface area contributed by atoms with Gasteiger partial charge in [0, 0.05) is 50.4 Å². The molecule has 2 aromatic heterocycles. The SMILES string of the molecule is c1ccc(-n2c3ccccc3c3cc(-c4ccc(N(c5ccc(-c6cc7ccccc7c7ccccc67)cc5)c5ccc6c(c5)oc5ccccc56)cc4)ccc32)cc1. The maximum absolute atomic E-state index is 6.41. The van der Waals surface area contributed by atoms with Crippen LogP contribution in [-0.2, 0) is 0 Å². The van der Waals surface area contributed by atoms with E-state index in [2.05, 4.69) is 216 Å². The molecule has 276 valence electrons. The summed E-state index contributed by atoms with van der Waals surface area (Å²) in [6.07, 6.45) is 0. The van der Waals surface area contributed by atoms with Crippen LogP contribution < -0.4 is 4.90 Å². The molecule has 0 unspecified atom stereocenters. The van der Waals surface area contributed by atoms with Gasteiger partial charge < -0.3 is 13.9 Å². The van der Waals surface area contributed by atoms with Crippen molar-refractivity contribution in [3.05, 3.63) is 218 Å². The number of benzene rings is 10. The monoisotopic (exact) mass is 752 g/mol. The molecule has 0 fully saturated rings. The fourth-order valence-electron chi connectivity index (χ4n) is 9.19. The minimum absolute atomic E-state index is 0.868. The van der Waals surface area contributed by atoms with Gasteiger partial charge in [-0.1, -0.05) is 133 Å². The van der Waals surface area contributed by atoms with Gasteiger partial charge in [0.15, 0.2) is 0 Å². The number of aromatic nitrogens is 1. The molecule has 0 aliphatic carbocycles. The number of anilines is 3. The fraction of sp³-hybridized carbons (Fsp3) is 0. The molecule has 0 atom stereocenters. The zero-order chi connectivity index (χ0) is 38.9. The molecule has 10 aromatic carbocycles. The number of para-hydroxylation sites is 3. The van der Waals surface area contributed by atoms with Gasteiger partial charge in [0.1, 0.15) is 11.2 Å². The fourth-order valence-corrected chi connectivity index (χ4v) is 9.19. The molecule has 0 spiro atoms. The zero-order valence-electron chi connectivity index (χ0n) is 32.1. The third-order valence-corrected chi connectivity index (χ3v) is 12.0. The van der Waals surface area contributed by atoms with E-state index in [0.29, 0.717) is 0 Å². The van der Waals surface area contributed by atoms with Gasteiger partial charge in [0.25, 0.3) is 0 Å². The number of fused-ring (bicyclic) bond motifs is 9. The highest BCUT2D eigenvalue weighted by Gasteiger charge is 2.18. The molecule has 2 heterocycles. The maximum Gasteiger partial charge on any atom is 0.137 e. The van der Waals surface area contributed by atoms with Gasteiger partial charge >= 0.3 is 0 Å². The number of hydrogen-bond acceptors (Lipinski definition) is 2. The lowest BCUT2D eigenvalue weighted by Gasteiger charge is -2.26. The summed E-state index contributed by atoms with van der Waals surface area (Å²) < 4.78 is 8.78. The quantitative estimate of drug-likeness (QED) is 0.158. The van der Waals surface area contributed by atoms with Gasteiger partial charge in [-0.25, -0.2) is 0 Å². The average molecular weight is 753 g/mol. The highest BCUT2D eigenvalue weighted by atomic mass is 16.3. The van der Waals surface area contributed by atoms with Crippen molar-refractivity contribution < 1.29 is 4.42 Å². The van der Waals surface area contributed by atoms with Crippen LogP contribution in [0.3, 0.4) is 0 Å². The van der Waals surface area contributed by atoms with Crippen LogP contribution >= 0.6 is 0 Å². The van der Waals surface area contributed by atoms with Crippen molar-refractivity contribution in [1.29, 1.82) is 0 Å². The number of rotatable bonds is 6. The van der Waals surface area contributed by atoms with E-state index in [1.54, 1.807) is 0 Å². The molecule has 0 aliphatic rings. The lowest BCUT2D eigenvalue weighted by Crippen LogP contribution is -2.09. The summed E-state index contributed by atoms with van der Waals surface area (Å²) in [7, 11) is 0. The predicted octanol–water partition coefficient (Wildman–Crippen LogP) is 15.8. The Bertz CT molecular complexity index is 3540. The largest absolute Gasteiger partial charge is 0.456 e. The smallest absolute Gasteiger partial charge is 0.137 e. The van der Waals surface area contributed by atoms with Crippen molar-refractivity contribution in [3.8, 4) is 27.9 Å². The van der Waals surface area contributed by atoms with E-state index in [1.165, 1.54) is 65.6 Å². The summed E-state index contributed by atoms with van der Waals surface area (Å²) in [5.74, 6) is 0. The van der Waals surface area contributed by atoms with Crippen molar-refractivity contribution in [2.75, 3.05) is 4.90 Å². The number of nitrogens with zero attached hydrogens (tertiary/aromatic N) is 2. The van der Waals surface area contributed by atoms with Gasteiger partial charge in [-0.2, -0.15) is 0 Å². The third kappa shape index (κ3) is 5.44. The average Bonchev–Trinajstić information content (AvgIpc) is 3.85. The van der Waals surface area contributed by atoms with Crippen LogP contribution in [0.15, 0.2) is 223 Å². The molecule has 12 rings (SSSR count).